The minimum Gasteiger partial charge on any atom is -0.497 e. The Morgan fingerprint density at radius 3 is 2.59 bits per heavy atom. The van der Waals surface area contributed by atoms with E-state index in [0.717, 1.165) is 24.2 Å². The maximum Gasteiger partial charge on any atom is 0.248 e. The summed E-state index contributed by atoms with van der Waals surface area (Å²) in [6, 6.07) is 7.62. The molecule has 8 heteroatoms. The molecular weight excluding hydrogens is 408 g/mol. The fraction of sp³-hybridized carbons (Fsp3) is 0.619. The van der Waals surface area contributed by atoms with Crippen LogP contribution < -0.4 is 4.74 Å². The van der Waals surface area contributed by atoms with Gasteiger partial charge in [0.25, 0.3) is 0 Å². The van der Waals surface area contributed by atoms with E-state index >= 15 is 0 Å². The zero-order valence-electron chi connectivity index (χ0n) is 16.7. The van der Waals surface area contributed by atoms with Crippen LogP contribution in [0.1, 0.15) is 44.1 Å². The number of carbonyl (C=O) groups is 1. The summed E-state index contributed by atoms with van der Waals surface area (Å²) in [7, 11) is -1.41. The number of carbonyl (C=O) groups excluding carboxylic acids is 1. The molecule has 6 nitrogen and oxygen atoms in total. The normalized spacial score (nSPS) is 27.9. The van der Waals surface area contributed by atoms with Gasteiger partial charge in [0.15, 0.2) is 15.0 Å². The third kappa shape index (κ3) is 4.97. The number of benzene rings is 1. The zero-order chi connectivity index (χ0) is 20.4. The number of amidine groups is 1. The zero-order valence-corrected chi connectivity index (χ0v) is 18.4. The molecule has 2 heterocycles. The number of hydrogen-bond donors (Lipinski definition) is 0. The fourth-order valence-electron chi connectivity index (χ4n) is 4.54. The number of rotatable bonds is 5. The fourth-order valence-corrected chi connectivity index (χ4v) is 8.51. The molecular formula is C21H28N2O4S2. The van der Waals surface area contributed by atoms with Gasteiger partial charge in [0.1, 0.15) is 5.75 Å². The number of hydrogen-bond acceptors (Lipinski definition) is 5. The Hall–Kier alpha value is -1.54. The van der Waals surface area contributed by atoms with Gasteiger partial charge in [0.2, 0.25) is 5.91 Å². The highest BCUT2D eigenvalue weighted by Crippen LogP contribution is 2.39. The highest BCUT2D eigenvalue weighted by Gasteiger charge is 2.48. The molecule has 1 aliphatic carbocycles. The summed E-state index contributed by atoms with van der Waals surface area (Å²) in [6.45, 7) is 0.545. The van der Waals surface area contributed by atoms with Crippen molar-refractivity contribution in [1.29, 1.82) is 0 Å². The van der Waals surface area contributed by atoms with Crippen LogP contribution in [-0.4, -0.2) is 54.3 Å². The third-order valence-corrected chi connectivity index (χ3v) is 9.34. The first kappa shape index (κ1) is 20.7. The molecule has 2 atom stereocenters. The second-order valence-corrected chi connectivity index (χ2v) is 11.6. The molecule has 4 rings (SSSR count). The van der Waals surface area contributed by atoms with Crippen molar-refractivity contribution in [2.24, 2.45) is 10.9 Å². The van der Waals surface area contributed by atoms with Gasteiger partial charge in [-0.1, -0.05) is 43.2 Å². The molecule has 0 spiro atoms. The Bertz CT molecular complexity index is 876. The summed E-state index contributed by atoms with van der Waals surface area (Å²) in [5, 5.41) is 0.644. The van der Waals surface area contributed by atoms with Crippen molar-refractivity contribution in [3.63, 3.8) is 0 Å². The van der Waals surface area contributed by atoms with Crippen molar-refractivity contribution in [2.75, 3.05) is 18.6 Å². The molecule has 29 heavy (non-hydrogen) atoms. The Labute approximate surface area is 177 Å². The molecule has 0 N–H and O–H groups in total. The van der Waals surface area contributed by atoms with Crippen molar-refractivity contribution in [3.8, 4) is 5.75 Å². The van der Waals surface area contributed by atoms with Crippen LogP contribution in [0.3, 0.4) is 0 Å². The molecule has 1 aromatic carbocycles. The topological polar surface area (TPSA) is 76.0 Å². The SMILES string of the molecule is COc1ccc(CN2C(=NC(=O)CC3CCCCC3)S[C@H]3CS(=O)(=O)C[C@@H]32)cc1. The van der Waals surface area contributed by atoms with E-state index in [1.807, 2.05) is 29.2 Å². The summed E-state index contributed by atoms with van der Waals surface area (Å²) >= 11 is 1.46. The molecule has 2 aliphatic heterocycles. The Morgan fingerprint density at radius 2 is 1.90 bits per heavy atom. The van der Waals surface area contributed by atoms with Crippen LogP contribution in [0.5, 0.6) is 5.75 Å². The summed E-state index contributed by atoms with van der Waals surface area (Å²) < 4.78 is 29.5. The molecule has 0 radical (unpaired) electrons. The van der Waals surface area contributed by atoms with E-state index in [-0.39, 0.29) is 28.7 Å². The van der Waals surface area contributed by atoms with Crippen molar-refractivity contribution in [2.45, 2.75) is 56.4 Å². The minimum absolute atomic E-state index is 0.0421. The maximum atomic E-state index is 12.6. The van der Waals surface area contributed by atoms with Gasteiger partial charge in [0.05, 0.1) is 24.7 Å². The average molecular weight is 437 g/mol. The van der Waals surface area contributed by atoms with E-state index in [1.54, 1.807) is 7.11 Å². The molecule has 0 aromatic heterocycles. The molecule has 1 saturated carbocycles. The van der Waals surface area contributed by atoms with Crippen LogP contribution in [-0.2, 0) is 21.2 Å². The van der Waals surface area contributed by atoms with Crippen LogP contribution in [0.25, 0.3) is 0 Å². The molecule has 1 amide bonds. The number of fused-ring (bicyclic) bond motifs is 1. The number of thioether (sulfide) groups is 1. The van der Waals surface area contributed by atoms with E-state index in [0.29, 0.717) is 24.1 Å². The van der Waals surface area contributed by atoms with Crippen molar-refractivity contribution < 1.29 is 17.9 Å². The van der Waals surface area contributed by atoms with Crippen LogP contribution in [0.4, 0.5) is 0 Å². The van der Waals surface area contributed by atoms with Gasteiger partial charge in [-0.05, 0) is 36.5 Å². The maximum absolute atomic E-state index is 12.6. The lowest BCUT2D eigenvalue weighted by Gasteiger charge is -2.25. The van der Waals surface area contributed by atoms with Crippen molar-refractivity contribution in [3.05, 3.63) is 29.8 Å². The Kier molecular flexibility index (Phi) is 6.20. The molecule has 0 unspecified atom stereocenters. The largest absolute Gasteiger partial charge is 0.497 e. The summed E-state index contributed by atoms with van der Waals surface area (Å²) in [6.07, 6.45) is 6.41. The van der Waals surface area contributed by atoms with Crippen LogP contribution in [0, 0.1) is 5.92 Å². The molecule has 1 aromatic rings. The van der Waals surface area contributed by atoms with Gasteiger partial charge < -0.3 is 9.64 Å². The van der Waals surface area contributed by atoms with Gasteiger partial charge in [-0.3, -0.25) is 4.79 Å². The van der Waals surface area contributed by atoms with Gasteiger partial charge >= 0.3 is 0 Å². The molecule has 158 valence electrons. The Balaban J connectivity index is 1.51. The third-order valence-electron chi connectivity index (χ3n) is 6.10. The number of aliphatic imine (C=N–C) groups is 1. The first-order valence-corrected chi connectivity index (χ1v) is 13.0. The first-order valence-electron chi connectivity index (χ1n) is 10.3. The predicted molar refractivity (Wildman–Crippen MR) is 116 cm³/mol. The molecule has 0 bridgehead atoms. The van der Waals surface area contributed by atoms with Gasteiger partial charge in [-0.15, -0.1) is 0 Å². The lowest BCUT2D eigenvalue weighted by atomic mass is 9.87. The second kappa shape index (κ2) is 8.68. The first-order chi connectivity index (χ1) is 13.9. The Morgan fingerprint density at radius 1 is 1.17 bits per heavy atom. The van der Waals surface area contributed by atoms with Crippen LogP contribution >= 0.6 is 11.8 Å². The number of amides is 1. The van der Waals surface area contributed by atoms with E-state index in [1.165, 1.54) is 31.0 Å². The minimum atomic E-state index is -3.04. The predicted octanol–water partition coefficient (Wildman–Crippen LogP) is 3.26. The quantitative estimate of drug-likeness (QED) is 0.705. The summed E-state index contributed by atoms with van der Waals surface area (Å²) in [5.41, 5.74) is 1.05. The monoisotopic (exact) mass is 436 g/mol. The second-order valence-electron chi connectivity index (χ2n) is 8.27. The number of methoxy groups -OCH3 is 1. The van der Waals surface area contributed by atoms with Gasteiger partial charge in [0, 0.05) is 18.2 Å². The molecule has 3 aliphatic rings. The van der Waals surface area contributed by atoms with E-state index in [2.05, 4.69) is 4.99 Å². The van der Waals surface area contributed by atoms with Crippen molar-refractivity contribution in [1.82, 2.24) is 4.90 Å². The molecule has 2 saturated heterocycles. The van der Waals surface area contributed by atoms with Gasteiger partial charge in [-0.25, -0.2) is 8.42 Å². The molecule has 3 fully saturated rings. The summed E-state index contributed by atoms with van der Waals surface area (Å²) in [5.74, 6) is 1.46. The van der Waals surface area contributed by atoms with E-state index in [4.69, 9.17) is 4.74 Å². The number of ether oxygens (including phenoxy) is 1. The van der Waals surface area contributed by atoms with Crippen LogP contribution in [0.15, 0.2) is 29.3 Å². The summed E-state index contributed by atoms with van der Waals surface area (Å²) in [4.78, 5) is 19.1. The number of sulfone groups is 1. The smallest absolute Gasteiger partial charge is 0.248 e. The van der Waals surface area contributed by atoms with Crippen molar-refractivity contribution >= 4 is 32.7 Å². The van der Waals surface area contributed by atoms with E-state index < -0.39 is 9.84 Å². The average Bonchev–Trinajstić information content (AvgIpc) is 3.15. The standard InChI is InChI=1S/C21H28N2O4S2/c1-27-17-9-7-16(8-10-17)12-23-18-13-29(25,26)14-19(18)28-21(23)22-20(24)11-15-5-3-2-4-6-15/h7-10,15,18-19H,2-6,11-14H2,1H3/t18-,19-/m0/s1. The lowest BCUT2D eigenvalue weighted by Crippen LogP contribution is -2.37. The lowest BCUT2D eigenvalue weighted by molar-refractivity contribution is -0.118. The number of nitrogens with zero attached hydrogens (tertiary/aromatic N) is 2. The van der Waals surface area contributed by atoms with E-state index in [9.17, 15) is 13.2 Å². The highest BCUT2D eigenvalue weighted by atomic mass is 32.2. The highest BCUT2D eigenvalue weighted by molar-refractivity contribution is 8.15. The van der Waals surface area contributed by atoms with Gasteiger partial charge in [-0.2, -0.15) is 4.99 Å². The van der Waals surface area contributed by atoms with Crippen LogP contribution in [0.2, 0.25) is 0 Å².